The molecule has 0 atom stereocenters. The minimum Gasteiger partial charge on any atom is -0.354 e. The fourth-order valence-corrected chi connectivity index (χ4v) is 17.9. The zero-order valence-corrected chi connectivity index (χ0v) is 69.5. The van der Waals surface area contributed by atoms with Crippen LogP contribution in [0.2, 0.25) is 0 Å². The molecule has 4 N–H and O–H groups in total. The second-order valence-corrected chi connectivity index (χ2v) is 35.0. The quantitative estimate of drug-likeness (QED) is 0.0975. The molecule has 3 aromatic carbocycles. The maximum atomic E-state index is 5.98. The Kier molecular flexibility index (Phi) is 19.5. The molecule has 0 amide bonds. The molecule has 0 saturated carbocycles. The number of hydrogen-bond acceptors (Lipinski definition) is 4. The van der Waals surface area contributed by atoms with Crippen molar-refractivity contribution in [1.29, 1.82) is 0 Å². The van der Waals surface area contributed by atoms with Gasteiger partial charge in [0.2, 0.25) is 0 Å². The summed E-state index contributed by atoms with van der Waals surface area (Å²) in [6.45, 7) is 65.0. The van der Waals surface area contributed by atoms with Gasteiger partial charge in [0.05, 0.1) is 67.6 Å². The van der Waals surface area contributed by atoms with Crippen molar-refractivity contribution in [2.75, 3.05) is 0 Å². The summed E-state index contributed by atoms with van der Waals surface area (Å²) in [5, 5.41) is 0. The first-order valence-corrected chi connectivity index (χ1v) is 39.9. The molecule has 0 unspecified atom stereocenters. The lowest BCUT2D eigenvalue weighted by atomic mass is 9.78. The van der Waals surface area contributed by atoms with Gasteiger partial charge in [-0.2, -0.15) is 0 Å². The van der Waals surface area contributed by atoms with Crippen LogP contribution in [0.4, 0.5) is 0 Å². The van der Waals surface area contributed by atoms with Crippen molar-refractivity contribution >= 4 is 88.7 Å². The number of allylic oxidation sites excluding steroid dienone is 8. The predicted molar refractivity (Wildman–Crippen MR) is 460 cm³/mol. The first-order chi connectivity index (χ1) is 50.0. The molecule has 8 heteroatoms. The molecule has 10 heterocycles. The Hall–Kier alpha value is -9.14. The van der Waals surface area contributed by atoms with Gasteiger partial charge in [-0.05, 0) is 292 Å². The van der Waals surface area contributed by atoms with Crippen molar-refractivity contribution in [3.63, 3.8) is 0 Å². The number of fused-ring (bicyclic) bond motifs is 16. The third kappa shape index (κ3) is 12.7. The average molecular weight is 1410 g/mol. The topological polar surface area (TPSA) is 115 Å². The Morgan fingerprint density at radius 3 is 0.679 bits per heavy atom. The van der Waals surface area contributed by atoms with Crippen molar-refractivity contribution < 1.29 is 0 Å². The van der Waals surface area contributed by atoms with Crippen molar-refractivity contribution in [2.45, 2.75) is 267 Å². The summed E-state index contributed by atoms with van der Waals surface area (Å²) < 4.78 is 0. The maximum Gasteiger partial charge on any atom is 0.0769 e. The molecular formula is C98H118N8. The van der Waals surface area contributed by atoms with E-state index in [4.69, 9.17) is 19.9 Å². The normalized spacial score (nSPS) is 14.0. The molecule has 8 nitrogen and oxygen atoms in total. The van der Waals surface area contributed by atoms with Gasteiger partial charge in [-0.25, -0.2) is 19.9 Å². The van der Waals surface area contributed by atoms with E-state index in [0.29, 0.717) is 0 Å². The Bertz CT molecular complexity index is 5260. The Morgan fingerprint density at radius 2 is 0.481 bits per heavy atom. The molecule has 13 rings (SSSR count). The van der Waals surface area contributed by atoms with Crippen molar-refractivity contribution in [2.24, 2.45) is 0 Å². The highest BCUT2D eigenvalue weighted by Crippen LogP contribution is 2.50. The number of nitrogens with one attached hydrogen (secondary N) is 4. The number of nitrogens with zero attached hydrogens (tertiary/aromatic N) is 4. The van der Waals surface area contributed by atoms with Gasteiger partial charge in [-0.3, -0.25) is 0 Å². The number of benzene rings is 3. The summed E-state index contributed by atoms with van der Waals surface area (Å²) >= 11 is 0. The van der Waals surface area contributed by atoms with Crippen LogP contribution in [0.15, 0.2) is 84.9 Å². The van der Waals surface area contributed by atoms with E-state index in [1.54, 1.807) is 0 Å². The number of aryl methyl sites for hydroxylation is 8. The van der Waals surface area contributed by atoms with E-state index in [2.05, 4.69) is 299 Å². The Morgan fingerprint density at radius 1 is 0.264 bits per heavy atom. The summed E-state index contributed by atoms with van der Waals surface area (Å²) in [5.41, 5.74) is 50.6. The largest absolute Gasteiger partial charge is 0.354 e. The number of rotatable bonds is 12. The highest BCUT2D eigenvalue weighted by Gasteiger charge is 2.32. The zero-order valence-electron chi connectivity index (χ0n) is 69.5. The lowest BCUT2D eigenvalue weighted by molar-refractivity contribution is 0.568. The number of hydrogen-bond donors (Lipinski definition) is 4. The van der Waals surface area contributed by atoms with Crippen molar-refractivity contribution in [3.8, 4) is 44.5 Å². The lowest BCUT2D eigenvalue weighted by Crippen LogP contribution is -2.16. The number of aromatic nitrogens is 8. The third-order valence-electron chi connectivity index (χ3n) is 24.3. The van der Waals surface area contributed by atoms with Gasteiger partial charge in [-0.1, -0.05) is 193 Å². The Labute approximate surface area is 633 Å². The van der Waals surface area contributed by atoms with Gasteiger partial charge in [-0.15, -0.1) is 0 Å². The highest BCUT2D eigenvalue weighted by atomic mass is 14.8. The maximum absolute atomic E-state index is 5.98. The first kappa shape index (κ1) is 75.1. The molecule has 9 aromatic rings. The van der Waals surface area contributed by atoms with Crippen LogP contribution >= 0.6 is 0 Å². The lowest BCUT2D eigenvalue weighted by Gasteiger charge is -2.26. The minimum atomic E-state index is -0.0844. The van der Waals surface area contributed by atoms with Crippen LogP contribution in [-0.4, -0.2) is 39.9 Å². The molecule has 0 saturated heterocycles. The van der Waals surface area contributed by atoms with Gasteiger partial charge in [0.25, 0.3) is 0 Å². The molecular weight excluding hydrogens is 1290 g/mol. The zero-order chi connectivity index (χ0) is 76.6. The third-order valence-corrected chi connectivity index (χ3v) is 24.3. The summed E-state index contributed by atoms with van der Waals surface area (Å²) in [7, 11) is 0. The van der Waals surface area contributed by atoms with Gasteiger partial charge < -0.3 is 19.9 Å². The van der Waals surface area contributed by atoms with E-state index in [-0.39, 0.29) is 21.7 Å². The van der Waals surface area contributed by atoms with E-state index in [0.717, 1.165) is 174 Å². The minimum absolute atomic E-state index is 0.0844. The Balaban J connectivity index is 1.16. The second kappa shape index (κ2) is 27.6. The molecule has 16 bridgehead atoms. The van der Waals surface area contributed by atoms with Crippen LogP contribution in [0.5, 0.6) is 0 Å². The molecule has 6 aromatic heterocycles. The highest BCUT2D eigenvalue weighted by molar-refractivity contribution is 6.07. The van der Waals surface area contributed by atoms with Crippen molar-refractivity contribution in [1.82, 2.24) is 39.9 Å². The first-order valence-electron chi connectivity index (χ1n) is 39.9. The van der Waals surface area contributed by atoms with E-state index in [1.165, 1.54) is 122 Å². The van der Waals surface area contributed by atoms with Gasteiger partial charge in [0, 0.05) is 44.3 Å². The fourth-order valence-electron chi connectivity index (χ4n) is 17.9. The van der Waals surface area contributed by atoms with Gasteiger partial charge in [0.15, 0.2) is 0 Å². The van der Waals surface area contributed by atoms with E-state index >= 15 is 0 Å². The molecule has 0 fully saturated rings. The van der Waals surface area contributed by atoms with Crippen LogP contribution in [-0.2, 0) is 47.3 Å². The molecule has 4 aliphatic heterocycles. The molecule has 0 spiro atoms. The van der Waals surface area contributed by atoms with Crippen LogP contribution in [0.1, 0.15) is 304 Å². The summed E-state index contributed by atoms with van der Waals surface area (Å²) in [6, 6.07) is 33.5. The van der Waals surface area contributed by atoms with E-state index in [1.807, 2.05) is 0 Å². The van der Waals surface area contributed by atoms with Gasteiger partial charge >= 0.3 is 0 Å². The fraction of sp³-hybridized carbons (Fsp3) is 0.408. The molecule has 0 radical (unpaired) electrons. The second-order valence-electron chi connectivity index (χ2n) is 35.0. The summed E-state index contributed by atoms with van der Waals surface area (Å²) in [4.78, 5) is 40.6. The SMILES string of the molecule is CCC1=C(C)c2nc1cc1[nH]c(c(C)c1CC)c(-c1cccc(-c3c4nc(cc5[nH]c(c(C)c5CC)c(-c5cc(C(C)(C)C)cc(C(C)(C)C)c5)c5nc(cc6[nH]c3c(C)c6CC)C(CC)=C5C)C(CC)=C4C)c1)c1nc(cc3[nH]c(c(C)c3CC)c2-c2cc(C(C)(C)C)cc(C(C)(C)C)c2)C(CC)=C1C. The smallest absolute Gasteiger partial charge is 0.0769 e. The predicted octanol–water partition coefficient (Wildman–Crippen LogP) is 27.6. The monoisotopic (exact) mass is 1410 g/mol. The standard InChI is InChI=1S/C98H118N8/c1-29-67-51(9)87-83(88-52(10)68(30-2)76(100-88)48-80-72(34-6)56(14)92(104-80)85(91-55(13)71(33-5)79(103-91)47-75(67)99-87)61-41-63(95(17,18)19)45-64(42-61)96(20,21)22)59-38-37-39-60(40-59)84-89-53(11)69(31-3)77(101-89)49-81-73(35-7)57(15)93(105-81)86(62-43-65(97(23,24)25)46-66(44-62)98(26,27)28)94-58(16)74(36-8)82(106-94)50-78-70(32-4)54(12)90(84)102-78/h37-50,99,101,104,106H,29-36H2,1-28H3. The summed E-state index contributed by atoms with van der Waals surface area (Å²) in [5.74, 6) is 0. The number of H-pyrrole nitrogens is 4. The van der Waals surface area contributed by atoms with E-state index in [9.17, 15) is 0 Å². The average Bonchev–Trinajstić information content (AvgIpc) is 1.61. The van der Waals surface area contributed by atoms with Gasteiger partial charge in [0.1, 0.15) is 0 Å². The molecule has 550 valence electrons. The molecule has 4 aliphatic rings. The molecule has 106 heavy (non-hydrogen) atoms. The van der Waals surface area contributed by atoms with Crippen molar-refractivity contribution in [3.05, 3.63) is 197 Å². The number of aromatic amines is 4. The van der Waals surface area contributed by atoms with Crippen LogP contribution in [0.25, 0.3) is 133 Å². The van der Waals surface area contributed by atoms with Crippen LogP contribution in [0.3, 0.4) is 0 Å². The van der Waals surface area contributed by atoms with Crippen LogP contribution < -0.4 is 0 Å². The molecule has 0 aliphatic carbocycles. The van der Waals surface area contributed by atoms with E-state index < -0.39 is 0 Å². The summed E-state index contributed by atoms with van der Waals surface area (Å²) in [6.07, 6.45) is 6.67. The van der Waals surface area contributed by atoms with Crippen LogP contribution in [0, 0.1) is 27.7 Å².